The molecule has 4 aromatic carbocycles. The normalized spacial score (nSPS) is 37.8. The van der Waals surface area contributed by atoms with Crippen LogP contribution in [0, 0.1) is 104 Å². The van der Waals surface area contributed by atoms with E-state index < -0.39 is 86.3 Å². The maximum atomic E-state index is 14.2. The number of nitrogens with zero attached hydrogens (tertiary/aromatic N) is 3. The molecule has 0 amide bonds. The van der Waals surface area contributed by atoms with Gasteiger partial charge in [0.2, 0.25) is 0 Å². The molecule has 15 unspecified atom stereocenters. The van der Waals surface area contributed by atoms with Crippen LogP contribution in [0.25, 0.3) is 44.6 Å². The van der Waals surface area contributed by atoms with E-state index in [0.29, 0.717) is 58.6 Å². The summed E-state index contributed by atoms with van der Waals surface area (Å²) in [6, 6.07) is 27.8. The fourth-order valence-corrected chi connectivity index (χ4v) is 29.4. The first-order valence-corrected chi connectivity index (χ1v) is 46.2. The molecule has 0 spiro atoms. The van der Waals surface area contributed by atoms with E-state index in [2.05, 4.69) is 45.4 Å². The Balaban J connectivity index is 0.000000132. The van der Waals surface area contributed by atoms with Gasteiger partial charge in [-0.05, 0) is 191 Å². The second-order valence-electron chi connectivity index (χ2n) is 38.7. The van der Waals surface area contributed by atoms with Crippen LogP contribution in [0.5, 0.6) is 5.75 Å². The minimum Gasteiger partial charge on any atom is -0.435 e. The number of hydrogen-bond acceptors (Lipinski definition) is 20. The number of ether oxygens (including phenoxy) is 1. The molecule has 0 radical (unpaired) electrons. The Kier molecular flexibility index (Phi) is 22.6. The summed E-state index contributed by atoms with van der Waals surface area (Å²) in [6.07, 6.45) is 16.8. The Hall–Kier alpha value is -8.25. The number of fused-ring (bicyclic) bond motifs is 17. The number of aliphatic hydroxyl groups excluding tert-OH is 3. The van der Waals surface area contributed by atoms with Gasteiger partial charge in [0.05, 0.1) is 57.7 Å². The Morgan fingerprint density at radius 1 is 0.524 bits per heavy atom. The average Bonchev–Trinajstić information content (AvgIpc) is 1.57. The summed E-state index contributed by atoms with van der Waals surface area (Å²) in [5.74, 6) is -1.17. The maximum absolute atomic E-state index is 14.2. The first-order chi connectivity index (χ1) is 58.6. The zero-order valence-electron chi connectivity index (χ0n) is 70.7. The number of hydrogen-bond donors (Lipinski definition) is 8. The molecule has 3 heterocycles. The molecule has 19 nitrogen and oxygen atoms in total. The summed E-state index contributed by atoms with van der Waals surface area (Å²) in [7, 11) is 0. The van der Waals surface area contributed by atoms with Crippen molar-refractivity contribution in [3.8, 4) is 28.3 Å². The van der Waals surface area contributed by atoms with Crippen LogP contribution < -0.4 is 4.74 Å². The molecule has 124 heavy (non-hydrogen) atoms. The van der Waals surface area contributed by atoms with Crippen LogP contribution in [0.2, 0.25) is 0 Å². The highest BCUT2D eigenvalue weighted by Crippen LogP contribution is 2.73. The Labute approximate surface area is 729 Å². The van der Waals surface area contributed by atoms with Crippen LogP contribution in [0.3, 0.4) is 0 Å². The number of halogens is 5. The number of nitrogens with one attached hydrogen (secondary N) is 2. The summed E-state index contributed by atoms with van der Waals surface area (Å²) in [5.41, 5.74) is -2.61. The molecule has 0 bridgehead atoms. The summed E-state index contributed by atoms with van der Waals surface area (Å²) in [6.45, 7) is 15.1. The molecule has 0 saturated heterocycles. The molecular formula is C97H106F5N5O14S3. The van der Waals surface area contributed by atoms with Crippen LogP contribution in [0.4, 0.5) is 22.0 Å². The number of rotatable bonds is 16. The third-order valence-corrected chi connectivity index (χ3v) is 35.2. The van der Waals surface area contributed by atoms with E-state index in [0.717, 1.165) is 102 Å². The average molecular weight is 1760 g/mol. The lowest BCUT2D eigenvalue weighted by atomic mass is 9.46. The fraction of sp³-hybridized carbons (Fsp3) is 0.515. The van der Waals surface area contributed by atoms with Gasteiger partial charge in [0.1, 0.15) is 33.8 Å². The molecule has 24 atom stereocenters. The van der Waals surface area contributed by atoms with Crippen LogP contribution in [-0.4, -0.2) is 149 Å². The smallest absolute Gasteiger partial charge is 0.418 e. The minimum absolute atomic E-state index is 0.000187. The van der Waals surface area contributed by atoms with Gasteiger partial charge in [-0.3, -0.25) is 28.8 Å². The lowest BCUT2D eigenvalue weighted by Gasteiger charge is -2.59. The second-order valence-corrected chi connectivity index (χ2v) is 41.6. The number of carbonyl (C=O) groups excluding carboxylic acids is 6. The van der Waals surface area contributed by atoms with Crippen molar-refractivity contribution in [1.82, 2.24) is 24.9 Å². The molecule has 12 aliphatic carbocycles. The first-order valence-electron chi connectivity index (χ1n) is 43.3. The molecule has 19 rings (SSSR count). The predicted molar refractivity (Wildman–Crippen MR) is 461 cm³/mol. The number of aromatic nitrogens is 5. The van der Waals surface area contributed by atoms with Gasteiger partial charge in [0.15, 0.2) is 50.8 Å². The predicted octanol–water partition coefficient (Wildman–Crippen LogP) is 17.5. The molecule has 3 aromatic heterocycles. The second kappa shape index (κ2) is 31.9. The number of Topliss-reactive ketones (excluding diaryl/α,β-unsaturated/α-hetero) is 3. The van der Waals surface area contributed by atoms with Crippen LogP contribution in [0.1, 0.15) is 145 Å². The maximum Gasteiger partial charge on any atom is 0.418 e. The van der Waals surface area contributed by atoms with E-state index in [9.17, 15) is 81.4 Å². The van der Waals surface area contributed by atoms with Gasteiger partial charge in [0, 0.05) is 67.4 Å². The molecule has 656 valence electrons. The van der Waals surface area contributed by atoms with E-state index >= 15 is 0 Å². The van der Waals surface area contributed by atoms with Crippen LogP contribution in [-0.2, 0) is 34.9 Å². The molecule has 9 fully saturated rings. The highest BCUT2D eigenvalue weighted by molar-refractivity contribution is 8.00. The zero-order chi connectivity index (χ0) is 88.3. The van der Waals surface area contributed by atoms with Crippen molar-refractivity contribution >= 4 is 92.1 Å². The van der Waals surface area contributed by atoms with E-state index in [1.165, 1.54) is 36.0 Å². The van der Waals surface area contributed by atoms with E-state index in [4.69, 9.17) is 9.40 Å². The molecule has 12 aliphatic rings. The van der Waals surface area contributed by atoms with Crippen molar-refractivity contribution in [3.05, 3.63) is 174 Å². The van der Waals surface area contributed by atoms with E-state index in [-0.39, 0.29) is 151 Å². The number of ketones is 6. The number of aliphatic hydroxyl groups is 6. The Morgan fingerprint density at radius 2 is 0.927 bits per heavy atom. The number of para-hydroxylation sites is 1. The number of oxazole rings is 1. The summed E-state index contributed by atoms with van der Waals surface area (Å²) < 4.78 is 76.2. The first kappa shape index (κ1) is 87.8. The molecule has 0 aliphatic heterocycles. The highest BCUT2D eigenvalue weighted by atomic mass is 32.2. The number of carbonyl (C=O) groups is 6. The quantitative estimate of drug-likeness (QED) is 0.0329. The summed E-state index contributed by atoms with van der Waals surface area (Å²) >= 11 is 3.36. The fourth-order valence-electron chi connectivity index (χ4n) is 26.9. The van der Waals surface area contributed by atoms with Gasteiger partial charge in [-0.25, -0.2) is 15.0 Å². The van der Waals surface area contributed by atoms with Crippen molar-refractivity contribution in [3.63, 3.8) is 0 Å². The zero-order valence-corrected chi connectivity index (χ0v) is 73.1. The van der Waals surface area contributed by atoms with E-state index in [1.807, 2.05) is 120 Å². The topological polar surface area (TPSA) is 316 Å². The third kappa shape index (κ3) is 14.1. The van der Waals surface area contributed by atoms with Gasteiger partial charge in [-0.1, -0.05) is 199 Å². The van der Waals surface area contributed by atoms with E-state index in [1.54, 1.807) is 42.5 Å². The highest BCUT2D eigenvalue weighted by Gasteiger charge is 2.74. The Morgan fingerprint density at radius 3 is 1.35 bits per heavy atom. The molecular weight excluding hydrogens is 1650 g/mol. The van der Waals surface area contributed by atoms with Crippen molar-refractivity contribution in [2.45, 2.75) is 203 Å². The summed E-state index contributed by atoms with van der Waals surface area (Å²) in [5, 5.41) is 72.7. The number of aromatic amines is 2. The lowest BCUT2D eigenvalue weighted by Crippen LogP contribution is -2.62. The van der Waals surface area contributed by atoms with Crippen molar-refractivity contribution in [2.24, 2.45) is 104 Å². The Bertz CT molecular complexity index is 5590. The monoisotopic (exact) mass is 1760 g/mol. The molecule has 9 saturated carbocycles. The van der Waals surface area contributed by atoms with Crippen LogP contribution >= 0.6 is 35.3 Å². The SMILES string of the molecule is C[C@@H]1CC2C3CCC4=CC(=O)C=CC4(C)C3[C@@H](O)CC2(C)[C@@]1(O)C(=O)CSc1nc(-c2ccccc2)c(-c2ccccc2)o1.C[C@@H]1CC2C3CCC4=CC(=O)C=CC4(C)C3[C@@H](O)CC2(C)[C@@]1(O)C(=O)CSc1nc2c(C(F)(F)F)cccc2[nH]1.C[C@@H]1CC2C3CCC4=CC(=O)C=CC4(C)C3[C@@H](O)CC2(C)[C@@]1(O)C(=O)CSc1nc2ccc(OC(F)F)cc2[nH]1. The number of thioether (sulfide) groups is 3. The van der Waals surface area contributed by atoms with Gasteiger partial charge < -0.3 is 49.8 Å². The summed E-state index contributed by atoms with van der Waals surface area (Å²) in [4.78, 5) is 97.4. The largest absolute Gasteiger partial charge is 0.435 e. The number of imidazole rings is 2. The van der Waals surface area contributed by atoms with Gasteiger partial charge in [-0.15, -0.1) is 0 Å². The number of benzene rings is 4. The molecule has 8 N–H and O–H groups in total. The van der Waals surface area contributed by atoms with Crippen molar-refractivity contribution in [2.75, 3.05) is 17.3 Å². The third-order valence-electron chi connectivity index (χ3n) is 32.7. The standard InChI is InChI=1S/C37H39NO5S.C30H33F3N2O4S.C30H34F2N2O5S/c1-22-18-28-27-15-14-25-19-26(39)16-17-35(25,2)31(27)29(40)20-36(28,3)37(22,42)30(41)21-44-34-38-32(23-10-6-4-7-11-23)33(43-34)24-12-8-5-9-13-24;1-15-11-20-18-8-7-16-12-17(36)9-10-27(16,2)24(18)22(37)13-28(20,3)29(15,39)23(38)14-40-26-34-21-6-4-5-19(25(21)35-26)30(31,32)33;1-15-10-20-19-6-4-16-11-17(35)8-9-28(16,2)25(19)23(36)13-29(20,3)30(15,38)24(37)14-40-27-33-21-7-5-18(39-26(31)32)12-22(21)34-27/h4-13,16-17,19,22,27-29,31,40,42H,14-15,18,20-21H2,1-3H3;4-6,9-10,12,15,18,20,22,24,37,39H,7-8,11,13-14H2,1-3H3,(H,34,35);5,7-9,11-12,15,19-20,23,25-26,36,38H,4,6,10,13-14H2,1-3H3,(H,33,34)/t22-,27?,28?,29+,31?,35?,36?,37+;15-,18?,20?,22+,24?,27?,28?,29+;15-,19?,20?,23+,25?,28?,29?,30+/m111/s1. The van der Waals surface area contributed by atoms with Gasteiger partial charge >= 0.3 is 12.8 Å². The van der Waals surface area contributed by atoms with Gasteiger partial charge in [-0.2, -0.15) is 22.0 Å². The minimum atomic E-state index is -4.56. The van der Waals surface area contributed by atoms with Crippen LogP contribution in [0.15, 0.2) is 188 Å². The number of allylic oxidation sites excluding steroid dienone is 12. The molecule has 7 aromatic rings. The molecule has 27 heteroatoms. The number of H-pyrrole nitrogens is 2. The number of alkyl halides is 5. The van der Waals surface area contributed by atoms with Crippen molar-refractivity contribution < 1.29 is 90.5 Å². The van der Waals surface area contributed by atoms with Crippen molar-refractivity contribution in [1.29, 1.82) is 0 Å². The van der Waals surface area contributed by atoms with Gasteiger partial charge in [0.25, 0.3) is 5.22 Å². The lowest BCUT2D eigenvalue weighted by molar-refractivity contribution is -0.180.